The summed E-state index contributed by atoms with van der Waals surface area (Å²) in [5, 5.41) is 4.93. The smallest absolute Gasteiger partial charge is 0.256 e. The maximum absolute atomic E-state index is 7.88. The minimum atomic E-state index is -0.175. The molecule has 0 amide bonds. The highest BCUT2D eigenvalue weighted by Crippen LogP contribution is 2.54. The van der Waals surface area contributed by atoms with Gasteiger partial charge in [-0.25, -0.2) is 0 Å². The topological polar surface area (TPSA) is 28.8 Å². The molecule has 2 aromatic heterocycles. The fraction of sp³-hybridized carbons (Fsp3) is 0.182. The van der Waals surface area contributed by atoms with E-state index in [0.29, 0.717) is 0 Å². The van der Waals surface area contributed by atoms with E-state index in [1.807, 2.05) is 0 Å². The third kappa shape index (κ3) is 7.73. The zero-order valence-corrected chi connectivity index (χ0v) is 55.8. The van der Waals surface area contributed by atoms with E-state index in [2.05, 4.69) is 328 Å². The number of anilines is 9. The molecule has 0 fully saturated rings. The highest BCUT2D eigenvalue weighted by molar-refractivity contribution is 7.02. The molecule has 6 aliphatic rings. The zero-order chi connectivity index (χ0) is 64.5. The van der Waals surface area contributed by atoms with Gasteiger partial charge in [0, 0.05) is 84.9 Å². The monoisotopic (exact) mass is 1240 g/mol. The van der Waals surface area contributed by atoms with Crippen molar-refractivity contribution < 1.29 is 4.74 Å². The van der Waals surface area contributed by atoms with E-state index >= 15 is 0 Å². The molecule has 4 aliphatic heterocycles. The predicted octanol–water partition coefficient (Wildman–Crippen LogP) is 19.1. The molecule has 14 aromatic rings. The Hall–Kier alpha value is -10.4. The Labute approximate surface area is 562 Å². The normalized spacial score (nSPS) is 16.9. The Morgan fingerprint density at radius 1 is 0.271 bits per heavy atom. The molecule has 6 nitrogen and oxygen atoms in total. The Balaban J connectivity index is 0.909. The van der Waals surface area contributed by atoms with Gasteiger partial charge < -0.3 is 28.6 Å². The molecule has 8 heteroatoms. The van der Waals surface area contributed by atoms with Crippen molar-refractivity contribution in [3.05, 3.63) is 271 Å². The fourth-order valence-electron chi connectivity index (χ4n) is 18.6. The molecule has 12 aromatic carbocycles. The van der Waals surface area contributed by atoms with Gasteiger partial charge in [0.1, 0.15) is 11.5 Å². The Morgan fingerprint density at radius 2 is 0.677 bits per heavy atom. The summed E-state index contributed by atoms with van der Waals surface area (Å²) in [6.07, 6.45) is 4.52. The molecule has 0 bridgehead atoms. The molecule has 462 valence electrons. The first-order valence-electron chi connectivity index (χ1n) is 34.7. The van der Waals surface area contributed by atoms with Gasteiger partial charge in [0.2, 0.25) is 0 Å². The molecular weight excluding hydrogens is 1160 g/mol. The highest BCUT2D eigenvalue weighted by atomic mass is 16.5. The summed E-state index contributed by atoms with van der Waals surface area (Å²) in [5.41, 5.74) is 30.6. The number of nitrogens with zero attached hydrogens (tertiary/aromatic N) is 5. The minimum absolute atomic E-state index is 0.0146. The number of para-hydroxylation sites is 7. The quantitative estimate of drug-likeness (QED) is 0.161. The average Bonchev–Trinajstić information content (AvgIpc) is 0.850. The van der Waals surface area contributed by atoms with E-state index in [1.54, 1.807) is 0 Å². The number of hydrogen-bond donors (Lipinski definition) is 0. The van der Waals surface area contributed by atoms with Crippen LogP contribution in [0, 0.1) is 0 Å². The molecule has 0 spiro atoms. The molecule has 0 atom stereocenters. The van der Waals surface area contributed by atoms with Crippen molar-refractivity contribution in [2.45, 2.75) is 103 Å². The third-order valence-electron chi connectivity index (χ3n) is 23.6. The molecule has 6 heterocycles. The Morgan fingerprint density at radius 3 is 1.23 bits per heavy atom. The molecule has 0 N–H and O–H groups in total. The van der Waals surface area contributed by atoms with Gasteiger partial charge in [0.15, 0.2) is 0 Å². The summed E-state index contributed by atoms with van der Waals surface area (Å²) >= 11 is 0. The second-order valence-corrected chi connectivity index (χ2v) is 30.9. The van der Waals surface area contributed by atoms with E-state index in [0.717, 1.165) is 88.0 Å². The lowest BCUT2D eigenvalue weighted by Gasteiger charge is -2.48. The van der Waals surface area contributed by atoms with Gasteiger partial charge in [0.25, 0.3) is 13.4 Å². The van der Waals surface area contributed by atoms with Gasteiger partial charge in [-0.05, 0) is 193 Å². The fourth-order valence-corrected chi connectivity index (χ4v) is 18.6. The number of aromatic nitrogens is 2. The van der Waals surface area contributed by atoms with Crippen LogP contribution in [0.4, 0.5) is 51.2 Å². The van der Waals surface area contributed by atoms with Gasteiger partial charge in [-0.3, -0.25) is 0 Å². The second-order valence-electron chi connectivity index (χ2n) is 30.9. The summed E-state index contributed by atoms with van der Waals surface area (Å²) in [6.45, 7) is 19.5. The third-order valence-corrected chi connectivity index (χ3v) is 23.6. The van der Waals surface area contributed by atoms with Gasteiger partial charge in [-0.2, -0.15) is 0 Å². The maximum atomic E-state index is 7.88. The average molecular weight is 1240 g/mol. The lowest BCUT2D eigenvalue weighted by molar-refractivity contribution is 0.332. The van der Waals surface area contributed by atoms with E-state index in [-0.39, 0.29) is 35.1 Å². The Kier molecular flexibility index (Phi) is 11.4. The second kappa shape index (κ2) is 19.6. The van der Waals surface area contributed by atoms with Crippen LogP contribution >= 0.6 is 0 Å². The van der Waals surface area contributed by atoms with E-state index < -0.39 is 0 Å². The number of ether oxygens (including phenoxy) is 1. The minimum Gasteiger partial charge on any atom is -0.458 e. The van der Waals surface area contributed by atoms with Gasteiger partial charge >= 0.3 is 0 Å². The SMILES string of the molecule is CC1(C)CCC(C)(C)c2cc(N3c4cc5c(cc4B4c6cc7c(cc6N(c6ccccc6)c6cc(-n8c9ccccc9c9ccccc98)cc3c64)Oc3cc(-n4c6ccccc6c6ccccc64)cc4c3B7c3ccccc3N4c3ccccc3)C(C)(C)CCC5(C)C)ccc21. The van der Waals surface area contributed by atoms with Crippen LogP contribution < -0.4 is 52.2 Å². The van der Waals surface area contributed by atoms with Crippen LogP contribution in [-0.4, -0.2) is 22.6 Å². The van der Waals surface area contributed by atoms with Crippen molar-refractivity contribution in [2.24, 2.45) is 0 Å². The van der Waals surface area contributed by atoms with Crippen LogP contribution in [0.15, 0.2) is 249 Å². The van der Waals surface area contributed by atoms with Crippen LogP contribution in [0.5, 0.6) is 11.5 Å². The van der Waals surface area contributed by atoms with Crippen LogP contribution in [-0.2, 0) is 21.7 Å². The number of fused-ring (bicyclic) bond motifs is 16. The first-order valence-corrected chi connectivity index (χ1v) is 34.7. The highest BCUT2D eigenvalue weighted by Gasteiger charge is 2.50. The molecule has 2 aliphatic carbocycles. The summed E-state index contributed by atoms with van der Waals surface area (Å²) in [6, 6.07) is 94.9. The van der Waals surface area contributed by atoms with Crippen molar-refractivity contribution in [3.63, 3.8) is 0 Å². The predicted molar refractivity (Wildman–Crippen MR) is 406 cm³/mol. The van der Waals surface area contributed by atoms with Crippen LogP contribution in [0.1, 0.15) is 103 Å². The Bertz CT molecular complexity index is 5590. The standard InChI is InChI=1S/C88H73B2N5O/c1-85(2)41-42-86(3,4)64-45-56(39-40-63(64)85)93-76-51-66-65(87(5,6)43-44-88(66,7)8)50-68(76)90-69-52-70-81(53-77(69)92(55-27-13-10-14-28-55)78-46-57(47-79(93)83(78)90)94-71-34-20-15-29-59(71)60-30-16-21-35-72(60)94)96-82-49-58(95-73-36-22-17-31-61(73)62-32-18-23-37-74(62)95)48-80-84(82)89(70)67-33-19-24-38-75(67)91(80)54-25-11-9-12-26-54/h9-40,45-53H,41-44H2,1-8H3. The van der Waals surface area contributed by atoms with E-state index in [4.69, 9.17) is 4.74 Å². The van der Waals surface area contributed by atoms with Crippen LogP contribution in [0.25, 0.3) is 55.0 Å². The van der Waals surface area contributed by atoms with Gasteiger partial charge in [-0.1, -0.05) is 201 Å². The molecule has 20 rings (SSSR count). The van der Waals surface area contributed by atoms with Crippen molar-refractivity contribution in [2.75, 3.05) is 14.7 Å². The lowest BCUT2D eigenvalue weighted by Crippen LogP contribution is -2.64. The van der Waals surface area contributed by atoms with Crippen LogP contribution in [0.2, 0.25) is 0 Å². The van der Waals surface area contributed by atoms with Gasteiger partial charge in [-0.15, -0.1) is 0 Å². The molecule has 96 heavy (non-hydrogen) atoms. The van der Waals surface area contributed by atoms with Crippen LogP contribution in [0.3, 0.4) is 0 Å². The molecular formula is C88H73B2N5O. The summed E-state index contributed by atoms with van der Waals surface area (Å²) in [4.78, 5) is 7.81. The summed E-state index contributed by atoms with van der Waals surface area (Å²) in [7, 11) is 0. The number of hydrogen-bond acceptors (Lipinski definition) is 4. The first-order chi connectivity index (χ1) is 46.6. The van der Waals surface area contributed by atoms with Gasteiger partial charge in [0.05, 0.1) is 33.4 Å². The van der Waals surface area contributed by atoms with Crippen molar-refractivity contribution in [3.8, 4) is 22.9 Å². The molecule has 0 unspecified atom stereocenters. The van der Waals surface area contributed by atoms with E-state index in [9.17, 15) is 0 Å². The van der Waals surface area contributed by atoms with Crippen molar-refractivity contribution >= 4 is 141 Å². The summed E-state index contributed by atoms with van der Waals surface area (Å²) in [5.74, 6) is 1.73. The number of benzene rings is 12. The zero-order valence-electron chi connectivity index (χ0n) is 55.8. The maximum Gasteiger partial charge on any atom is 0.256 e. The van der Waals surface area contributed by atoms with Crippen molar-refractivity contribution in [1.29, 1.82) is 0 Å². The summed E-state index contributed by atoms with van der Waals surface area (Å²) < 4.78 is 12.9. The molecule has 0 saturated carbocycles. The lowest BCUT2D eigenvalue weighted by atomic mass is 9.30. The first kappa shape index (κ1) is 56.0. The molecule has 0 saturated heterocycles. The van der Waals surface area contributed by atoms with Crippen molar-refractivity contribution in [1.82, 2.24) is 9.13 Å². The number of rotatable bonds is 5. The molecule has 0 radical (unpaired) electrons. The van der Waals surface area contributed by atoms with E-state index in [1.165, 1.54) is 110 Å². The largest absolute Gasteiger partial charge is 0.458 e.